The lowest BCUT2D eigenvalue weighted by Crippen LogP contribution is -2.62. The molecule has 5 aromatic carbocycles. The summed E-state index contributed by atoms with van der Waals surface area (Å²) in [7, 11) is 0. The first kappa shape index (κ1) is 45.0. The van der Waals surface area contributed by atoms with Crippen LogP contribution < -0.4 is 26.4 Å². The Kier molecular flexibility index (Phi) is 8.88. The normalized spacial score (nSPS) is 22.5. The standard InChI is InChI=1S/C62H68BF3N2O/c1-55(2,3)36-20-23-44(38(30-36)35-18-16-15-17-19-35)67-46-31-37(62(64,65)66)32-47-50(46)63(54-52(67)49-53(69-54)60(12,13)27-26-59(49,10)11)43-22-21-39-48-51(43)68(47)45-34-41-40(57(6,7)24-25-58(41,8)9)33-42(45)61(48,14)29-28-56(39,4)5/h15-23,30-34H,24-29H2,1-14H3. The van der Waals surface area contributed by atoms with Crippen LogP contribution in [0.1, 0.15) is 186 Å². The summed E-state index contributed by atoms with van der Waals surface area (Å²) in [6.07, 6.45) is 1.30. The molecule has 3 aliphatic carbocycles. The number of furan rings is 1. The fourth-order valence-electron chi connectivity index (χ4n) is 14.0. The summed E-state index contributed by atoms with van der Waals surface area (Å²) >= 11 is 0. The summed E-state index contributed by atoms with van der Waals surface area (Å²) in [4.78, 5) is 4.54. The fourth-order valence-corrected chi connectivity index (χ4v) is 14.0. The molecule has 0 bridgehead atoms. The first-order valence-corrected chi connectivity index (χ1v) is 25.7. The van der Waals surface area contributed by atoms with E-state index in [2.05, 4.69) is 173 Å². The van der Waals surface area contributed by atoms with E-state index >= 15 is 13.2 Å². The highest BCUT2D eigenvalue weighted by atomic mass is 19.4. The fraction of sp³-hybridized carbons (Fsp3) is 0.452. The molecule has 1 atom stereocenters. The lowest BCUT2D eigenvalue weighted by Gasteiger charge is -2.55. The SMILES string of the molecule is CC(C)(C)c1ccc(N2c3cc(C(F)(F)F)cc4c3B(c3ccc5c6c3N4c3cc4c(cc3C6(C)CCC5(C)C)C(C)(C)CCC4(C)C)c3oc4c(c32)C(C)(C)CCC4(C)C)c(-c2ccccc2)c1. The molecule has 1 unspecified atom stereocenters. The lowest BCUT2D eigenvalue weighted by atomic mass is 9.34. The lowest BCUT2D eigenvalue weighted by molar-refractivity contribution is -0.137. The molecule has 6 aromatic rings. The third-order valence-corrected chi connectivity index (χ3v) is 18.6. The van der Waals surface area contributed by atoms with Gasteiger partial charge in [-0.25, -0.2) is 0 Å². The minimum absolute atomic E-state index is 0.0483. The second-order valence-corrected chi connectivity index (χ2v) is 26.5. The van der Waals surface area contributed by atoms with E-state index in [0.29, 0.717) is 11.4 Å². The number of halogens is 3. The van der Waals surface area contributed by atoms with Crippen LogP contribution in [0.5, 0.6) is 0 Å². The minimum Gasteiger partial charge on any atom is -0.472 e. The van der Waals surface area contributed by atoms with Gasteiger partial charge in [0.1, 0.15) is 5.76 Å². The third-order valence-electron chi connectivity index (χ3n) is 18.6. The van der Waals surface area contributed by atoms with Crippen LogP contribution in [0.4, 0.5) is 47.3 Å². The molecule has 0 saturated heterocycles. The summed E-state index contributed by atoms with van der Waals surface area (Å²) < 4.78 is 56.3. The van der Waals surface area contributed by atoms with Gasteiger partial charge in [-0.3, -0.25) is 0 Å². The van der Waals surface area contributed by atoms with Crippen LogP contribution in [-0.2, 0) is 44.1 Å². The largest absolute Gasteiger partial charge is 0.472 e. The summed E-state index contributed by atoms with van der Waals surface area (Å²) in [5.74, 6) is 0.952. The Bertz CT molecular complexity index is 3210. The number of hydrogen-bond donors (Lipinski definition) is 0. The first-order valence-electron chi connectivity index (χ1n) is 25.7. The predicted octanol–water partition coefficient (Wildman–Crippen LogP) is 15.7. The van der Waals surface area contributed by atoms with Crippen LogP contribution in [0.15, 0.2) is 89.3 Å². The molecule has 0 radical (unpaired) electrons. The molecule has 6 aliphatic rings. The van der Waals surface area contributed by atoms with Crippen molar-refractivity contribution in [3.8, 4) is 11.1 Å². The van der Waals surface area contributed by atoms with E-state index in [0.717, 1.165) is 106 Å². The highest BCUT2D eigenvalue weighted by Crippen LogP contribution is 2.64. The van der Waals surface area contributed by atoms with Crippen LogP contribution in [0.3, 0.4) is 0 Å². The van der Waals surface area contributed by atoms with Crippen molar-refractivity contribution in [2.45, 2.75) is 180 Å². The van der Waals surface area contributed by atoms with Gasteiger partial charge in [0.15, 0.2) is 0 Å². The van der Waals surface area contributed by atoms with Gasteiger partial charge in [-0.1, -0.05) is 152 Å². The molecule has 0 amide bonds. The van der Waals surface area contributed by atoms with Crippen molar-refractivity contribution in [3.63, 3.8) is 0 Å². The maximum absolute atomic E-state index is 16.2. The Morgan fingerprint density at radius 3 is 1.72 bits per heavy atom. The van der Waals surface area contributed by atoms with Gasteiger partial charge in [-0.05, 0) is 146 Å². The number of anilines is 6. The summed E-state index contributed by atoms with van der Waals surface area (Å²) in [6.45, 7) is 32.0. The van der Waals surface area contributed by atoms with Crippen LogP contribution in [-0.4, -0.2) is 6.71 Å². The van der Waals surface area contributed by atoms with Crippen molar-refractivity contribution in [2.24, 2.45) is 0 Å². The molecule has 0 N–H and O–H groups in total. The van der Waals surface area contributed by atoms with E-state index in [1.54, 1.807) is 0 Å². The molecule has 3 aliphatic heterocycles. The highest BCUT2D eigenvalue weighted by molar-refractivity contribution is 6.99. The number of benzene rings is 5. The van der Waals surface area contributed by atoms with Gasteiger partial charge >= 0.3 is 6.18 Å². The van der Waals surface area contributed by atoms with Gasteiger partial charge in [0.2, 0.25) is 0 Å². The molecule has 4 heterocycles. The second-order valence-electron chi connectivity index (χ2n) is 26.5. The van der Waals surface area contributed by atoms with E-state index in [-0.39, 0.29) is 37.9 Å². The number of fused-ring (bicyclic) bond motifs is 10. The van der Waals surface area contributed by atoms with Crippen LogP contribution in [0.2, 0.25) is 0 Å². The third kappa shape index (κ3) is 6.06. The van der Waals surface area contributed by atoms with Gasteiger partial charge in [-0.15, -0.1) is 0 Å². The van der Waals surface area contributed by atoms with E-state index in [4.69, 9.17) is 4.42 Å². The van der Waals surface area contributed by atoms with E-state index in [1.807, 2.05) is 6.07 Å². The minimum atomic E-state index is -4.63. The maximum Gasteiger partial charge on any atom is 0.416 e. The van der Waals surface area contributed by atoms with Gasteiger partial charge in [-0.2, -0.15) is 13.2 Å². The molecule has 12 rings (SSSR count). The summed E-state index contributed by atoms with van der Waals surface area (Å²) in [5.41, 5.74) is 16.4. The van der Waals surface area contributed by atoms with E-state index in [9.17, 15) is 0 Å². The first-order chi connectivity index (χ1) is 32.1. The van der Waals surface area contributed by atoms with Crippen molar-refractivity contribution in [1.29, 1.82) is 0 Å². The zero-order valence-electron chi connectivity index (χ0n) is 43.3. The number of alkyl halides is 3. The van der Waals surface area contributed by atoms with E-state index < -0.39 is 18.5 Å². The zero-order valence-corrected chi connectivity index (χ0v) is 43.3. The van der Waals surface area contributed by atoms with Gasteiger partial charge < -0.3 is 14.2 Å². The van der Waals surface area contributed by atoms with Crippen molar-refractivity contribution in [2.75, 3.05) is 9.80 Å². The van der Waals surface area contributed by atoms with Crippen molar-refractivity contribution in [3.05, 3.63) is 135 Å². The molecule has 0 fully saturated rings. The Balaban J connectivity index is 1.27. The molecule has 7 heteroatoms. The number of rotatable bonds is 2. The zero-order chi connectivity index (χ0) is 49.1. The predicted molar refractivity (Wildman–Crippen MR) is 281 cm³/mol. The quantitative estimate of drug-likeness (QED) is 0.161. The molecule has 1 aromatic heterocycles. The highest BCUT2D eigenvalue weighted by Gasteiger charge is 2.58. The maximum atomic E-state index is 16.2. The average Bonchev–Trinajstić information content (AvgIpc) is 3.70. The molecule has 356 valence electrons. The van der Waals surface area contributed by atoms with Crippen molar-refractivity contribution in [1.82, 2.24) is 0 Å². The monoisotopic (exact) mass is 925 g/mol. The molecule has 0 saturated carbocycles. The molecule has 69 heavy (non-hydrogen) atoms. The molecule has 3 nitrogen and oxygen atoms in total. The summed E-state index contributed by atoms with van der Waals surface area (Å²) in [5, 5.41) is 0. The van der Waals surface area contributed by atoms with Crippen molar-refractivity contribution >= 4 is 57.4 Å². The van der Waals surface area contributed by atoms with E-state index in [1.165, 1.54) is 39.9 Å². The van der Waals surface area contributed by atoms with Crippen LogP contribution >= 0.6 is 0 Å². The van der Waals surface area contributed by atoms with Crippen LogP contribution in [0, 0.1) is 0 Å². The Morgan fingerprint density at radius 2 is 1.09 bits per heavy atom. The van der Waals surface area contributed by atoms with Crippen LogP contribution in [0.25, 0.3) is 11.1 Å². The molecule has 0 spiro atoms. The number of hydrogen-bond acceptors (Lipinski definition) is 3. The molecular formula is C62H68BF3N2O. The second kappa shape index (κ2) is 13.6. The average molecular weight is 925 g/mol. The smallest absolute Gasteiger partial charge is 0.416 e. The van der Waals surface area contributed by atoms with Gasteiger partial charge in [0.25, 0.3) is 6.71 Å². The van der Waals surface area contributed by atoms with Crippen molar-refractivity contribution < 1.29 is 17.6 Å². The topological polar surface area (TPSA) is 19.6 Å². The Hall–Kier alpha value is -5.17. The van der Waals surface area contributed by atoms with Gasteiger partial charge in [0, 0.05) is 39.0 Å². The summed E-state index contributed by atoms with van der Waals surface area (Å²) in [6, 6.07) is 29.6. The molecular weight excluding hydrogens is 857 g/mol. The number of nitrogens with zero attached hydrogens (tertiary/aromatic N) is 2. The Labute approximate surface area is 409 Å². The van der Waals surface area contributed by atoms with Gasteiger partial charge in [0.05, 0.1) is 28.3 Å². The Morgan fingerprint density at radius 1 is 0.507 bits per heavy atom.